The van der Waals surface area contributed by atoms with E-state index in [-0.39, 0.29) is 5.91 Å². The van der Waals surface area contributed by atoms with E-state index < -0.39 is 0 Å². The van der Waals surface area contributed by atoms with Crippen LogP contribution in [0.2, 0.25) is 0 Å². The number of fused-ring (bicyclic) bond motifs is 1. The highest BCUT2D eigenvalue weighted by Gasteiger charge is 2.21. The van der Waals surface area contributed by atoms with E-state index in [1.54, 1.807) is 23.9 Å². The number of carbonyl (C=O) groups excluding carboxylic acids is 1. The van der Waals surface area contributed by atoms with Crippen LogP contribution in [-0.4, -0.2) is 27.0 Å². The van der Waals surface area contributed by atoms with Crippen molar-refractivity contribution < 1.29 is 4.79 Å². The number of carbonyl (C=O) groups is 1. The second-order valence-electron chi connectivity index (χ2n) is 6.83. The number of amides is 1. The van der Waals surface area contributed by atoms with E-state index >= 15 is 0 Å². The molecule has 0 bridgehead atoms. The molecule has 6 heteroatoms. The second-order valence-corrected chi connectivity index (χ2v) is 7.84. The third kappa shape index (κ3) is 3.68. The highest BCUT2D eigenvalue weighted by molar-refractivity contribution is 7.22. The monoisotopic (exact) mass is 390 g/mol. The molecule has 0 unspecified atom stereocenters. The van der Waals surface area contributed by atoms with Gasteiger partial charge < -0.3 is 4.57 Å². The summed E-state index contributed by atoms with van der Waals surface area (Å²) in [5.74, 6) is -0.0142. The van der Waals surface area contributed by atoms with Crippen LogP contribution in [0.15, 0.2) is 61.2 Å². The fourth-order valence-electron chi connectivity index (χ4n) is 3.18. The lowest BCUT2D eigenvalue weighted by molar-refractivity contribution is 0.0986. The molecular formula is C22H22N4OS. The van der Waals surface area contributed by atoms with Gasteiger partial charge in [-0.05, 0) is 49.6 Å². The van der Waals surface area contributed by atoms with Gasteiger partial charge in [0.15, 0.2) is 5.13 Å². The van der Waals surface area contributed by atoms with Crippen molar-refractivity contribution >= 4 is 32.6 Å². The van der Waals surface area contributed by atoms with Crippen molar-refractivity contribution in [3.05, 3.63) is 77.9 Å². The van der Waals surface area contributed by atoms with E-state index in [1.807, 2.05) is 46.0 Å². The highest BCUT2D eigenvalue weighted by Crippen LogP contribution is 2.32. The molecule has 0 radical (unpaired) electrons. The van der Waals surface area contributed by atoms with Gasteiger partial charge in [-0.25, -0.2) is 9.97 Å². The Morgan fingerprint density at radius 1 is 1.14 bits per heavy atom. The Morgan fingerprint density at radius 2 is 1.96 bits per heavy atom. The summed E-state index contributed by atoms with van der Waals surface area (Å²) in [7, 11) is 0. The maximum Gasteiger partial charge on any atom is 0.260 e. The maximum atomic E-state index is 13.2. The molecule has 0 aliphatic heterocycles. The molecule has 4 rings (SSSR count). The number of thiazole rings is 1. The Hall–Kier alpha value is -2.99. The molecule has 28 heavy (non-hydrogen) atoms. The number of nitrogens with zero attached hydrogens (tertiary/aromatic N) is 4. The summed E-state index contributed by atoms with van der Waals surface area (Å²) in [6.07, 6.45) is 6.33. The Balaban J connectivity index is 1.65. The van der Waals surface area contributed by atoms with Crippen molar-refractivity contribution in [3.63, 3.8) is 0 Å². The van der Waals surface area contributed by atoms with Gasteiger partial charge >= 0.3 is 0 Å². The van der Waals surface area contributed by atoms with Crippen molar-refractivity contribution in [2.75, 3.05) is 11.4 Å². The Labute approximate surface area is 168 Å². The molecular weight excluding hydrogens is 368 g/mol. The number of hydrogen-bond donors (Lipinski definition) is 0. The van der Waals surface area contributed by atoms with Gasteiger partial charge in [-0.1, -0.05) is 35.6 Å². The van der Waals surface area contributed by atoms with Gasteiger partial charge in [0.1, 0.15) is 0 Å². The smallest absolute Gasteiger partial charge is 0.260 e. The summed E-state index contributed by atoms with van der Waals surface area (Å²) >= 11 is 1.57. The topological polar surface area (TPSA) is 51.0 Å². The average molecular weight is 391 g/mol. The van der Waals surface area contributed by atoms with Gasteiger partial charge in [0.2, 0.25) is 0 Å². The zero-order chi connectivity index (χ0) is 19.5. The summed E-state index contributed by atoms with van der Waals surface area (Å²) in [5, 5.41) is 0.753. The van der Waals surface area contributed by atoms with Crippen molar-refractivity contribution in [1.29, 1.82) is 0 Å². The summed E-state index contributed by atoms with van der Waals surface area (Å²) in [4.78, 5) is 24.0. The SMILES string of the molecule is Cc1ccc2sc(N(CCCn3ccnc3)C(=O)c3ccccc3)nc2c1C. The van der Waals surface area contributed by atoms with Crippen molar-refractivity contribution in [2.24, 2.45) is 0 Å². The fraction of sp³-hybridized carbons (Fsp3) is 0.227. The van der Waals surface area contributed by atoms with E-state index in [2.05, 4.69) is 31.0 Å². The number of aromatic nitrogens is 3. The first-order valence-corrected chi connectivity index (χ1v) is 10.1. The zero-order valence-electron chi connectivity index (χ0n) is 16.0. The largest absolute Gasteiger partial charge is 0.337 e. The molecule has 0 atom stereocenters. The van der Waals surface area contributed by atoms with Crippen LogP contribution in [0.5, 0.6) is 0 Å². The molecule has 0 aliphatic carbocycles. The number of hydrogen-bond acceptors (Lipinski definition) is 4. The van der Waals surface area contributed by atoms with Crippen LogP contribution in [0, 0.1) is 13.8 Å². The Morgan fingerprint density at radius 3 is 2.71 bits per heavy atom. The fourth-order valence-corrected chi connectivity index (χ4v) is 4.23. The number of imidazole rings is 1. The minimum atomic E-state index is -0.0142. The first-order valence-electron chi connectivity index (χ1n) is 9.33. The van der Waals surface area contributed by atoms with Gasteiger partial charge in [-0.3, -0.25) is 9.69 Å². The van der Waals surface area contributed by atoms with Crippen LogP contribution in [0.3, 0.4) is 0 Å². The molecule has 2 aromatic heterocycles. The summed E-state index contributed by atoms with van der Waals surface area (Å²) in [5.41, 5.74) is 4.05. The van der Waals surface area contributed by atoms with Crippen molar-refractivity contribution in [1.82, 2.24) is 14.5 Å². The highest BCUT2D eigenvalue weighted by atomic mass is 32.1. The molecule has 142 valence electrons. The second kappa shape index (κ2) is 7.94. The lowest BCUT2D eigenvalue weighted by atomic mass is 10.1. The normalized spacial score (nSPS) is 11.1. The first-order chi connectivity index (χ1) is 13.6. The van der Waals surface area contributed by atoms with Gasteiger partial charge in [-0.2, -0.15) is 0 Å². The average Bonchev–Trinajstić information content (AvgIpc) is 3.38. The molecule has 0 aliphatic rings. The molecule has 1 amide bonds. The first kappa shape index (κ1) is 18.4. The third-order valence-corrected chi connectivity index (χ3v) is 5.97. The van der Waals surface area contributed by atoms with Gasteiger partial charge in [0.25, 0.3) is 5.91 Å². The molecule has 0 saturated carbocycles. The quantitative estimate of drug-likeness (QED) is 0.473. The van der Waals surface area contributed by atoms with Crippen molar-refractivity contribution in [3.8, 4) is 0 Å². The summed E-state index contributed by atoms with van der Waals surface area (Å²) in [6.45, 7) is 5.58. The van der Waals surface area contributed by atoms with Crippen LogP contribution in [0.4, 0.5) is 5.13 Å². The molecule has 2 aromatic carbocycles. The Kier molecular flexibility index (Phi) is 5.21. The number of anilines is 1. The lowest BCUT2D eigenvalue weighted by Crippen LogP contribution is -2.32. The number of rotatable bonds is 6. The van der Waals surface area contributed by atoms with Crippen LogP contribution in [-0.2, 0) is 6.54 Å². The zero-order valence-corrected chi connectivity index (χ0v) is 16.8. The van der Waals surface area contributed by atoms with E-state index in [0.29, 0.717) is 12.1 Å². The van der Waals surface area contributed by atoms with E-state index in [4.69, 9.17) is 4.98 Å². The molecule has 0 saturated heterocycles. The van der Waals surface area contributed by atoms with E-state index in [0.717, 1.165) is 28.3 Å². The van der Waals surface area contributed by atoms with Crippen LogP contribution >= 0.6 is 11.3 Å². The predicted octanol–water partition coefficient (Wildman–Crippen LogP) is 4.85. The molecule has 0 N–H and O–H groups in total. The molecule has 2 heterocycles. The maximum absolute atomic E-state index is 13.2. The van der Waals surface area contributed by atoms with Crippen LogP contribution in [0.1, 0.15) is 27.9 Å². The molecule has 4 aromatic rings. The van der Waals surface area contributed by atoms with Crippen molar-refractivity contribution in [2.45, 2.75) is 26.8 Å². The minimum absolute atomic E-state index is 0.0142. The lowest BCUT2D eigenvalue weighted by Gasteiger charge is -2.20. The summed E-state index contributed by atoms with van der Waals surface area (Å²) < 4.78 is 3.13. The van der Waals surface area contributed by atoms with E-state index in [9.17, 15) is 4.79 Å². The molecule has 0 spiro atoms. The van der Waals surface area contributed by atoms with Gasteiger partial charge in [0.05, 0.1) is 16.5 Å². The molecule has 5 nitrogen and oxygen atoms in total. The summed E-state index contributed by atoms with van der Waals surface area (Å²) in [6, 6.07) is 13.6. The Bertz CT molecular complexity index is 1090. The third-order valence-electron chi connectivity index (χ3n) is 4.93. The van der Waals surface area contributed by atoms with Crippen LogP contribution in [0.25, 0.3) is 10.2 Å². The number of aryl methyl sites for hydroxylation is 3. The molecule has 0 fully saturated rings. The number of benzene rings is 2. The standard InChI is InChI=1S/C22H22N4OS/c1-16-9-10-19-20(17(16)2)24-22(28-19)26(13-6-12-25-14-11-23-15-25)21(27)18-7-4-3-5-8-18/h3-5,7-11,14-15H,6,12-13H2,1-2H3. The van der Waals surface area contributed by atoms with Gasteiger partial charge in [-0.15, -0.1) is 0 Å². The van der Waals surface area contributed by atoms with E-state index in [1.165, 1.54) is 11.1 Å². The van der Waals surface area contributed by atoms with Crippen LogP contribution < -0.4 is 4.90 Å². The van der Waals surface area contributed by atoms with Gasteiger partial charge in [0, 0.05) is 31.0 Å². The predicted molar refractivity (Wildman–Crippen MR) is 114 cm³/mol. The minimum Gasteiger partial charge on any atom is -0.337 e.